The smallest absolute Gasteiger partial charge is 0.338 e. The maximum absolute atomic E-state index is 13.8. The van der Waals surface area contributed by atoms with Gasteiger partial charge >= 0.3 is 5.97 Å². The molecule has 1 rings (SSSR count). The van der Waals surface area contributed by atoms with Crippen molar-refractivity contribution in [3.8, 4) is 5.75 Å². The Morgan fingerprint density at radius 3 is 2.56 bits per heavy atom. The lowest BCUT2D eigenvalue weighted by Crippen LogP contribution is -2.20. The van der Waals surface area contributed by atoms with Crippen molar-refractivity contribution < 1.29 is 23.4 Å². The summed E-state index contributed by atoms with van der Waals surface area (Å²) in [5, 5.41) is 12.3. The van der Waals surface area contributed by atoms with E-state index >= 15 is 0 Å². The van der Waals surface area contributed by atoms with E-state index in [9.17, 15) is 13.6 Å². The van der Waals surface area contributed by atoms with Gasteiger partial charge in [-0.15, -0.1) is 0 Å². The largest absolute Gasteiger partial charge is 0.486 e. The molecule has 0 aromatic heterocycles. The van der Waals surface area contributed by atoms with Gasteiger partial charge in [0.1, 0.15) is 12.4 Å². The van der Waals surface area contributed by atoms with Gasteiger partial charge < -0.3 is 15.2 Å². The van der Waals surface area contributed by atoms with Gasteiger partial charge in [-0.3, -0.25) is 0 Å². The molecule has 1 aromatic carbocycles. The third-order valence-corrected chi connectivity index (χ3v) is 3.48. The minimum absolute atomic E-state index is 0.114. The van der Waals surface area contributed by atoms with E-state index in [0.29, 0.717) is 22.7 Å². The van der Waals surface area contributed by atoms with Crippen molar-refractivity contribution in [2.24, 2.45) is 0 Å². The Morgan fingerprint density at radius 1 is 1.40 bits per heavy atom. The Kier molecular flexibility index (Phi) is 7.64. The Bertz CT molecular complexity index is 727. The highest BCUT2D eigenvalue weighted by atomic mass is 35.5. The molecule has 0 amide bonds. The lowest BCUT2D eigenvalue weighted by atomic mass is 10.2. The second-order valence-corrected chi connectivity index (χ2v) is 5.96. The Morgan fingerprint density at radius 2 is 2.04 bits per heavy atom. The van der Waals surface area contributed by atoms with E-state index in [2.05, 4.69) is 11.9 Å². The number of hydrogen-bond donors (Lipinski definition) is 2. The van der Waals surface area contributed by atoms with Gasteiger partial charge in [-0.25, -0.2) is 13.6 Å². The van der Waals surface area contributed by atoms with Crippen LogP contribution in [0.1, 0.15) is 31.1 Å². The molecular formula is C18H20ClF2NO3. The molecule has 2 N–H and O–H groups in total. The molecule has 0 heterocycles. The predicted octanol–water partition coefficient (Wildman–Crippen LogP) is 4.62. The van der Waals surface area contributed by atoms with Gasteiger partial charge in [0.15, 0.2) is 11.6 Å². The van der Waals surface area contributed by atoms with Crippen LogP contribution >= 0.6 is 11.6 Å². The van der Waals surface area contributed by atoms with Crippen LogP contribution < -0.4 is 10.1 Å². The molecule has 0 aliphatic rings. The first-order chi connectivity index (χ1) is 11.6. The van der Waals surface area contributed by atoms with Crippen LogP contribution in [-0.2, 0) is 0 Å². The zero-order valence-electron chi connectivity index (χ0n) is 14.2. The van der Waals surface area contributed by atoms with Crippen LogP contribution in [0.5, 0.6) is 5.75 Å². The Balaban J connectivity index is 2.95. The van der Waals surface area contributed by atoms with Crippen LogP contribution in [0.2, 0.25) is 0 Å². The van der Waals surface area contributed by atoms with E-state index in [4.69, 9.17) is 21.4 Å². The van der Waals surface area contributed by atoms with Gasteiger partial charge in [0.2, 0.25) is 0 Å². The summed E-state index contributed by atoms with van der Waals surface area (Å²) in [5.41, 5.74) is 0.529. The number of nitrogens with one attached hydrogen (secondary N) is 1. The van der Waals surface area contributed by atoms with Gasteiger partial charge in [0.25, 0.3) is 0 Å². The molecule has 7 heteroatoms. The first-order valence-electron chi connectivity index (χ1n) is 7.46. The molecule has 1 aromatic rings. The first kappa shape index (κ1) is 20.7. The summed E-state index contributed by atoms with van der Waals surface area (Å²) in [6.07, 6.45) is 3.07. The van der Waals surface area contributed by atoms with Crippen molar-refractivity contribution in [2.75, 3.05) is 6.61 Å². The maximum atomic E-state index is 13.8. The Hall–Kier alpha value is -2.34. The van der Waals surface area contributed by atoms with Gasteiger partial charge in [-0.1, -0.05) is 24.3 Å². The topological polar surface area (TPSA) is 58.6 Å². The second kappa shape index (κ2) is 9.22. The summed E-state index contributed by atoms with van der Waals surface area (Å²) in [6.45, 7) is 9.25. The third kappa shape index (κ3) is 6.23. The average Bonchev–Trinajstić information content (AvgIpc) is 2.52. The SMILES string of the molecule is C=C/C(=C\C(Cl)=C(/C)NC(C)C)COc1cc(F)c(C(=O)O)cc1F. The van der Waals surface area contributed by atoms with Crippen LogP contribution in [0, 0.1) is 11.6 Å². The van der Waals surface area contributed by atoms with E-state index in [-0.39, 0.29) is 12.6 Å². The number of carbonyl (C=O) groups is 1. The van der Waals surface area contributed by atoms with Gasteiger partial charge in [0, 0.05) is 17.8 Å². The third-order valence-electron chi connectivity index (χ3n) is 3.08. The van der Waals surface area contributed by atoms with Crippen molar-refractivity contribution in [3.05, 3.63) is 64.4 Å². The molecule has 0 bridgehead atoms. The number of halogens is 3. The van der Waals surface area contributed by atoms with E-state index in [1.165, 1.54) is 6.08 Å². The first-order valence-corrected chi connectivity index (χ1v) is 7.84. The van der Waals surface area contributed by atoms with Crippen molar-refractivity contribution in [3.63, 3.8) is 0 Å². The molecule has 0 aliphatic heterocycles. The molecule has 0 saturated heterocycles. The summed E-state index contributed by atoms with van der Waals surface area (Å²) in [5.74, 6) is -4.00. The number of carboxylic acids is 1. The lowest BCUT2D eigenvalue weighted by molar-refractivity contribution is 0.0691. The average molecular weight is 372 g/mol. The van der Waals surface area contributed by atoms with E-state index in [1.54, 1.807) is 13.0 Å². The minimum atomic E-state index is -1.56. The Labute approximate surface area is 150 Å². The summed E-state index contributed by atoms with van der Waals surface area (Å²) < 4.78 is 32.7. The minimum Gasteiger partial charge on any atom is -0.486 e. The van der Waals surface area contributed by atoms with E-state index in [0.717, 1.165) is 5.70 Å². The van der Waals surface area contributed by atoms with E-state index in [1.807, 2.05) is 13.8 Å². The monoisotopic (exact) mass is 371 g/mol. The summed E-state index contributed by atoms with van der Waals surface area (Å²) >= 11 is 6.18. The molecule has 136 valence electrons. The maximum Gasteiger partial charge on any atom is 0.338 e. The molecular weight excluding hydrogens is 352 g/mol. The zero-order valence-corrected chi connectivity index (χ0v) is 15.0. The highest BCUT2D eigenvalue weighted by molar-refractivity contribution is 6.31. The van der Waals surface area contributed by atoms with E-state index < -0.39 is 28.9 Å². The number of aromatic carboxylic acids is 1. The number of hydrogen-bond acceptors (Lipinski definition) is 3. The standard InChI is InChI=1S/C18H20ClF2NO3/c1-5-12(6-14(19)11(4)22-10(2)3)9-25-17-8-15(20)13(18(23)24)7-16(17)21/h5-8,10,22H,1,9H2,2-4H3,(H,23,24)/b12-6+,14-11-. The molecule has 4 nitrogen and oxygen atoms in total. The highest BCUT2D eigenvalue weighted by Crippen LogP contribution is 2.23. The van der Waals surface area contributed by atoms with Crippen LogP contribution in [-0.4, -0.2) is 23.7 Å². The quantitative estimate of drug-likeness (QED) is 0.654. The highest BCUT2D eigenvalue weighted by Gasteiger charge is 2.16. The lowest BCUT2D eigenvalue weighted by Gasteiger charge is -2.12. The second-order valence-electron chi connectivity index (χ2n) is 5.55. The number of ether oxygens (including phenoxy) is 1. The van der Waals surface area contributed by atoms with Crippen LogP contribution in [0.3, 0.4) is 0 Å². The zero-order chi connectivity index (χ0) is 19.1. The summed E-state index contributed by atoms with van der Waals surface area (Å²) in [4.78, 5) is 10.8. The van der Waals surface area contributed by atoms with Crippen molar-refractivity contribution in [2.45, 2.75) is 26.8 Å². The summed E-state index contributed by atoms with van der Waals surface area (Å²) in [6, 6.07) is 1.48. The number of carboxylic acid groups (broad SMARTS) is 1. The van der Waals surface area contributed by atoms with Crippen molar-refractivity contribution >= 4 is 17.6 Å². The van der Waals surface area contributed by atoms with Gasteiger partial charge in [0.05, 0.1) is 10.6 Å². The van der Waals surface area contributed by atoms with Crippen molar-refractivity contribution in [1.29, 1.82) is 0 Å². The molecule has 0 fully saturated rings. The van der Waals surface area contributed by atoms with Crippen molar-refractivity contribution in [1.82, 2.24) is 5.32 Å². The number of benzene rings is 1. The van der Waals surface area contributed by atoms with Crippen LogP contribution in [0.25, 0.3) is 0 Å². The molecule has 25 heavy (non-hydrogen) atoms. The number of rotatable bonds is 8. The van der Waals surface area contributed by atoms with Crippen LogP contribution in [0.4, 0.5) is 8.78 Å². The summed E-state index contributed by atoms with van der Waals surface area (Å²) in [7, 11) is 0. The molecule has 0 aliphatic carbocycles. The fourth-order valence-electron chi connectivity index (χ4n) is 1.90. The fraction of sp³-hybridized carbons (Fsp3) is 0.278. The van der Waals surface area contributed by atoms with Crippen LogP contribution in [0.15, 0.2) is 47.2 Å². The molecule has 0 atom stereocenters. The molecule has 0 radical (unpaired) electrons. The normalized spacial score (nSPS) is 12.7. The predicted molar refractivity (Wildman–Crippen MR) is 93.9 cm³/mol. The van der Waals surface area contributed by atoms with Gasteiger partial charge in [-0.05, 0) is 38.5 Å². The fourth-order valence-corrected chi connectivity index (χ4v) is 2.09. The molecule has 0 unspecified atom stereocenters. The molecule has 0 spiro atoms. The number of allylic oxidation sites excluding steroid dienone is 3. The molecule has 0 saturated carbocycles. The van der Waals surface area contributed by atoms with Gasteiger partial charge in [-0.2, -0.15) is 0 Å².